The van der Waals surface area contributed by atoms with Crippen molar-refractivity contribution in [1.29, 1.82) is 0 Å². The summed E-state index contributed by atoms with van der Waals surface area (Å²) in [4.78, 5) is 45.2. The third kappa shape index (κ3) is 6.43. The fourth-order valence-corrected chi connectivity index (χ4v) is 8.37. The van der Waals surface area contributed by atoms with Crippen LogP contribution in [0.5, 0.6) is 0 Å². The SMILES string of the molecule is COC(=O)C12CCC(CN3CCN(C(=O)c4ccc(C5CCN(C(=O)c6cccc7c(C(F)(F)F)cccc67)CC5)cc4)CC3)(CC1)OC2. The average molecular weight is 678 g/mol. The minimum absolute atomic E-state index is 0.0167. The molecule has 0 aromatic heterocycles. The van der Waals surface area contributed by atoms with Crippen molar-refractivity contribution in [2.24, 2.45) is 5.41 Å². The summed E-state index contributed by atoms with van der Waals surface area (Å²) in [6.07, 6.45) is 0.247. The minimum Gasteiger partial charge on any atom is -0.469 e. The lowest BCUT2D eigenvalue weighted by atomic mass is 9.66. The summed E-state index contributed by atoms with van der Waals surface area (Å²) in [6.45, 7) is 5.07. The molecule has 0 unspecified atom stereocenters. The number of benzene rings is 3. The van der Waals surface area contributed by atoms with Crippen molar-refractivity contribution < 1.29 is 37.0 Å². The highest BCUT2D eigenvalue weighted by molar-refractivity contribution is 6.08. The molecule has 8 rings (SSSR count). The van der Waals surface area contributed by atoms with Crippen LogP contribution in [0.15, 0.2) is 60.7 Å². The molecule has 0 atom stereocenters. The van der Waals surface area contributed by atoms with Gasteiger partial charge in [-0.15, -0.1) is 0 Å². The van der Waals surface area contributed by atoms with Crippen molar-refractivity contribution in [3.8, 4) is 0 Å². The van der Waals surface area contributed by atoms with Gasteiger partial charge in [-0.1, -0.05) is 36.4 Å². The van der Waals surface area contributed by atoms with Crippen molar-refractivity contribution in [2.75, 3.05) is 59.5 Å². The topological polar surface area (TPSA) is 79.4 Å². The zero-order valence-corrected chi connectivity index (χ0v) is 27.8. The van der Waals surface area contributed by atoms with Gasteiger partial charge >= 0.3 is 12.1 Å². The van der Waals surface area contributed by atoms with E-state index in [1.54, 1.807) is 17.0 Å². The van der Waals surface area contributed by atoms with Crippen molar-refractivity contribution >= 4 is 28.6 Å². The van der Waals surface area contributed by atoms with E-state index in [1.165, 1.54) is 25.3 Å². The maximum Gasteiger partial charge on any atom is 0.417 e. The standard InChI is InChI=1S/C38H42F3N3O5/c1-48-35(47)36-14-16-37(17-15-36,49-25-36)24-42-20-22-44(23-21-42)33(45)28-10-8-26(9-11-28)27-12-18-43(19-13-27)34(46)31-6-2-5-30-29(31)4-3-7-32(30)38(39,40)41/h2-11,27H,12-25H2,1H3. The molecule has 0 N–H and O–H groups in total. The van der Waals surface area contributed by atoms with E-state index in [1.807, 2.05) is 29.2 Å². The first kappa shape index (κ1) is 33.5. The van der Waals surface area contributed by atoms with Gasteiger partial charge in [0.2, 0.25) is 0 Å². The van der Waals surface area contributed by atoms with Crippen LogP contribution in [0.2, 0.25) is 0 Å². The van der Waals surface area contributed by atoms with Crippen molar-refractivity contribution in [1.82, 2.24) is 14.7 Å². The van der Waals surface area contributed by atoms with Gasteiger partial charge in [-0.2, -0.15) is 13.2 Å². The Kier molecular flexibility index (Phi) is 8.94. The Balaban J connectivity index is 0.905. The molecule has 1 aliphatic carbocycles. The first-order valence-corrected chi connectivity index (χ1v) is 17.2. The molecular weight excluding hydrogens is 635 g/mol. The van der Waals surface area contributed by atoms with Crippen molar-refractivity contribution in [2.45, 2.75) is 56.2 Å². The second kappa shape index (κ2) is 13.1. The summed E-state index contributed by atoms with van der Waals surface area (Å²) in [7, 11) is 1.44. The van der Waals surface area contributed by atoms with Gasteiger partial charge in [-0.25, -0.2) is 0 Å². The molecule has 0 spiro atoms. The van der Waals surface area contributed by atoms with Crippen LogP contribution in [-0.4, -0.2) is 97.6 Å². The third-order valence-corrected chi connectivity index (χ3v) is 11.4. The number of alkyl halides is 3. The molecular formula is C38H42F3N3O5. The maximum absolute atomic E-state index is 13.6. The van der Waals surface area contributed by atoms with Crippen LogP contribution in [0, 0.1) is 5.41 Å². The summed E-state index contributed by atoms with van der Waals surface area (Å²) in [6, 6.07) is 16.3. The Morgan fingerprint density at radius 3 is 2.04 bits per heavy atom. The Hall–Kier alpha value is -3.96. The van der Waals surface area contributed by atoms with Crippen LogP contribution >= 0.6 is 0 Å². The van der Waals surface area contributed by atoms with E-state index in [0.29, 0.717) is 43.7 Å². The zero-order valence-electron chi connectivity index (χ0n) is 27.8. The summed E-state index contributed by atoms with van der Waals surface area (Å²) in [5.41, 5.74) is 0.604. The summed E-state index contributed by atoms with van der Waals surface area (Å²) in [5, 5.41) is 0.342. The Morgan fingerprint density at radius 1 is 0.796 bits per heavy atom. The van der Waals surface area contributed by atoms with E-state index in [-0.39, 0.29) is 40.3 Å². The van der Waals surface area contributed by atoms with Gasteiger partial charge < -0.3 is 19.3 Å². The fourth-order valence-electron chi connectivity index (χ4n) is 8.37. The molecule has 4 saturated heterocycles. The number of amides is 2. The van der Waals surface area contributed by atoms with Crippen LogP contribution in [0.3, 0.4) is 0 Å². The number of hydrogen-bond donors (Lipinski definition) is 0. The van der Waals surface area contributed by atoms with E-state index in [2.05, 4.69) is 4.90 Å². The molecule has 260 valence electrons. The number of carbonyl (C=O) groups excluding carboxylic acids is 3. The molecule has 2 amide bonds. The van der Waals surface area contributed by atoms with Crippen LogP contribution in [0.4, 0.5) is 13.2 Å². The third-order valence-electron chi connectivity index (χ3n) is 11.4. The second-order valence-electron chi connectivity index (χ2n) is 14.2. The molecule has 5 aliphatic rings. The fraction of sp³-hybridized carbons (Fsp3) is 0.500. The van der Waals surface area contributed by atoms with Gasteiger partial charge in [0.25, 0.3) is 11.8 Å². The van der Waals surface area contributed by atoms with Crippen molar-refractivity contribution in [3.05, 3.63) is 82.9 Å². The Bertz CT molecular complexity index is 1700. The van der Waals surface area contributed by atoms with E-state index in [0.717, 1.165) is 69.8 Å². The molecule has 1 saturated carbocycles. The number of ether oxygens (including phenoxy) is 2. The highest BCUT2D eigenvalue weighted by Crippen LogP contribution is 2.50. The highest BCUT2D eigenvalue weighted by Gasteiger charge is 2.54. The number of likely N-dealkylation sites (tertiary alicyclic amines) is 1. The average Bonchev–Trinajstić information content (AvgIpc) is 3.14. The number of piperidine rings is 1. The number of esters is 1. The first-order chi connectivity index (χ1) is 23.5. The van der Waals surface area contributed by atoms with Crippen LogP contribution in [-0.2, 0) is 20.4 Å². The van der Waals surface area contributed by atoms with Crippen LogP contribution in [0.1, 0.15) is 76.3 Å². The van der Waals surface area contributed by atoms with Crippen LogP contribution < -0.4 is 0 Å². The van der Waals surface area contributed by atoms with Gasteiger partial charge in [0.15, 0.2) is 0 Å². The summed E-state index contributed by atoms with van der Waals surface area (Å²) >= 11 is 0. The maximum atomic E-state index is 13.6. The molecule has 4 heterocycles. The summed E-state index contributed by atoms with van der Waals surface area (Å²) < 4.78 is 52.1. The quantitative estimate of drug-likeness (QED) is 0.292. The van der Waals surface area contributed by atoms with Gasteiger partial charge in [-0.3, -0.25) is 19.3 Å². The predicted molar refractivity (Wildman–Crippen MR) is 177 cm³/mol. The molecule has 5 fully saturated rings. The lowest BCUT2D eigenvalue weighted by Gasteiger charge is -2.53. The first-order valence-electron chi connectivity index (χ1n) is 17.2. The van der Waals surface area contributed by atoms with E-state index in [4.69, 9.17) is 9.47 Å². The number of methoxy groups -OCH3 is 1. The molecule has 2 bridgehead atoms. The zero-order chi connectivity index (χ0) is 34.4. The molecule has 8 nitrogen and oxygen atoms in total. The van der Waals surface area contributed by atoms with E-state index < -0.39 is 17.2 Å². The number of carbonyl (C=O) groups is 3. The summed E-state index contributed by atoms with van der Waals surface area (Å²) in [5.74, 6) is -0.177. The number of halogens is 3. The molecule has 3 aromatic rings. The number of fused-ring (bicyclic) bond motifs is 4. The monoisotopic (exact) mass is 677 g/mol. The normalized spacial score (nSPS) is 25.1. The number of rotatable bonds is 6. The largest absolute Gasteiger partial charge is 0.469 e. The molecule has 11 heteroatoms. The molecule has 4 aliphatic heterocycles. The molecule has 0 radical (unpaired) electrons. The van der Waals surface area contributed by atoms with Gasteiger partial charge in [-0.05, 0) is 85.0 Å². The highest BCUT2D eigenvalue weighted by atomic mass is 19.4. The Morgan fingerprint density at radius 2 is 1.43 bits per heavy atom. The number of nitrogens with zero attached hydrogens (tertiary/aromatic N) is 3. The van der Waals surface area contributed by atoms with Crippen molar-refractivity contribution in [3.63, 3.8) is 0 Å². The Labute approximate surface area is 284 Å². The van der Waals surface area contributed by atoms with Gasteiger partial charge in [0.05, 0.1) is 30.3 Å². The van der Waals surface area contributed by atoms with Gasteiger partial charge in [0.1, 0.15) is 0 Å². The lowest BCUT2D eigenvalue weighted by Crippen LogP contribution is -2.60. The van der Waals surface area contributed by atoms with Gasteiger partial charge in [0, 0.05) is 56.9 Å². The van der Waals surface area contributed by atoms with Crippen LogP contribution in [0.25, 0.3) is 10.8 Å². The molecule has 3 aromatic carbocycles. The smallest absolute Gasteiger partial charge is 0.417 e. The molecule has 49 heavy (non-hydrogen) atoms. The second-order valence-corrected chi connectivity index (χ2v) is 14.2. The predicted octanol–water partition coefficient (Wildman–Crippen LogP) is 6.14. The van der Waals surface area contributed by atoms with E-state index >= 15 is 0 Å². The minimum atomic E-state index is -4.50. The lowest BCUT2D eigenvalue weighted by molar-refractivity contribution is -0.208. The number of hydrogen-bond acceptors (Lipinski definition) is 6. The number of piperazine rings is 1. The van der Waals surface area contributed by atoms with E-state index in [9.17, 15) is 27.6 Å².